The smallest absolute Gasteiger partial charge is 0.354 e. The van der Waals surface area contributed by atoms with Gasteiger partial charge < -0.3 is 15.9 Å². The van der Waals surface area contributed by atoms with Gasteiger partial charge in [0.2, 0.25) is 0 Å². The van der Waals surface area contributed by atoms with E-state index in [9.17, 15) is 15.0 Å². The summed E-state index contributed by atoms with van der Waals surface area (Å²) in [5.74, 6) is -1.28. The molecule has 0 aliphatic rings. The first-order valence-corrected chi connectivity index (χ1v) is 7.51. The molecule has 1 aromatic carbocycles. The standard InChI is InChI=1S/C18H17N3O3/c1-10-15(18(23)24)21-16-13(17(10)22)7-12(8-14(16)19)5-4-11-3-2-6-20-9-11/h2-3,6-9H,4-5,19H2,1H3,(H,21,22)(H,23,24). The molecule has 0 unspecified atom stereocenters. The minimum Gasteiger partial charge on any atom is -0.507 e. The van der Waals surface area contributed by atoms with Gasteiger partial charge in [0.25, 0.3) is 0 Å². The van der Waals surface area contributed by atoms with E-state index in [0.29, 0.717) is 16.6 Å². The molecule has 0 aliphatic heterocycles. The van der Waals surface area contributed by atoms with E-state index in [2.05, 4.69) is 9.97 Å². The molecule has 0 atom stereocenters. The Hall–Kier alpha value is -3.15. The van der Waals surface area contributed by atoms with Gasteiger partial charge in [-0.05, 0) is 49.1 Å². The number of hydrogen-bond acceptors (Lipinski definition) is 5. The molecule has 0 radical (unpaired) electrons. The van der Waals surface area contributed by atoms with Crippen LogP contribution in [0, 0.1) is 6.92 Å². The Balaban J connectivity index is 2.02. The first-order valence-electron chi connectivity index (χ1n) is 7.51. The fourth-order valence-corrected chi connectivity index (χ4v) is 2.72. The maximum Gasteiger partial charge on any atom is 0.354 e. The number of rotatable bonds is 4. The second-order valence-corrected chi connectivity index (χ2v) is 5.68. The van der Waals surface area contributed by atoms with Crippen LogP contribution in [0.1, 0.15) is 27.2 Å². The zero-order chi connectivity index (χ0) is 17.3. The molecule has 4 N–H and O–H groups in total. The summed E-state index contributed by atoms with van der Waals surface area (Å²) in [4.78, 5) is 19.4. The number of nitrogen functional groups attached to an aromatic ring is 1. The average Bonchev–Trinajstić information content (AvgIpc) is 2.57. The summed E-state index contributed by atoms with van der Waals surface area (Å²) >= 11 is 0. The van der Waals surface area contributed by atoms with Crippen LogP contribution in [0.25, 0.3) is 10.9 Å². The minimum absolute atomic E-state index is 0.0904. The number of aromatic carboxylic acids is 1. The van der Waals surface area contributed by atoms with Gasteiger partial charge in [0, 0.05) is 23.3 Å². The monoisotopic (exact) mass is 323 g/mol. The highest BCUT2D eigenvalue weighted by atomic mass is 16.4. The number of aromatic hydroxyl groups is 1. The van der Waals surface area contributed by atoms with E-state index in [1.807, 2.05) is 24.4 Å². The Morgan fingerprint density at radius 1 is 1.25 bits per heavy atom. The summed E-state index contributed by atoms with van der Waals surface area (Å²) in [5, 5.41) is 20.0. The van der Waals surface area contributed by atoms with E-state index in [4.69, 9.17) is 5.73 Å². The molecule has 6 heteroatoms. The molecule has 0 saturated carbocycles. The number of pyridine rings is 2. The summed E-state index contributed by atoms with van der Waals surface area (Å²) in [7, 11) is 0. The van der Waals surface area contributed by atoms with Crippen molar-refractivity contribution in [2.45, 2.75) is 19.8 Å². The SMILES string of the molecule is Cc1c(C(=O)O)nc2c(N)cc(CCc3cccnc3)cc2c1O. The Labute approximate surface area is 138 Å². The average molecular weight is 323 g/mol. The van der Waals surface area contributed by atoms with Gasteiger partial charge in [0.15, 0.2) is 5.69 Å². The third-order valence-electron chi connectivity index (χ3n) is 4.02. The van der Waals surface area contributed by atoms with Gasteiger partial charge in [-0.3, -0.25) is 4.98 Å². The largest absolute Gasteiger partial charge is 0.507 e. The van der Waals surface area contributed by atoms with Crippen molar-refractivity contribution in [1.29, 1.82) is 0 Å². The number of carbonyl (C=O) groups is 1. The highest BCUT2D eigenvalue weighted by molar-refractivity contribution is 5.99. The van der Waals surface area contributed by atoms with Gasteiger partial charge in [0.05, 0.1) is 11.2 Å². The quantitative estimate of drug-likeness (QED) is 0.637. The van der Waals surface area contributed by atoms with Crippen LogP contribution in [0.15, 0.2) is 36.7 Å². The molecule has 3 aromatic rings. The van der Waals surface area contributed by atoms with Crippen LogP contribution < -0.4 is 5.73 Å². The number of carboxylic acids is 1. The maximum absolute atomic E-state index is 11.2. The number of aryl methyl sites for hydroxylation is 2. The molecule has 2 aromatic heterocycles. The number of fused-ring (bicyclic) bond motifs is 1. The van der Waals surface area contributed by atoms with Crippen molar-refractivity contribution in [3.05, 3.63) is 59.0 Å². The van der Waals surface area contributed by atoms with Crippen molar-refractivity contribution in [2.24, 2.45) is 0 Å². The van der Waals surface area contributed by atoms with Crippen molar-refractivity contribution < 1.29 is 15.0 Å². The van der Waals surface area contributed by atoms with Crippen LogP contribution >= 0.6 is 0 Å². The third kappa shape index (κ3) is 2.86. The molecule has 6 nitrogen and oxygen atoms in total. The van der Waals surface area contributed by atoms with Crippen LogP contribution in [0.2, 0.25) is 0 Å². The number of carboxylic acid groups (broad SMARTS) is 1. The highest BCUT2D eigenvalue weighted by Gasteiger charge is 2.18. The lowest BCUT2D eigenvalue weighted by molar-refractivity contribution is 0.0689. The van der Waals surface area contributed by atoms with Crippen LogP contribution in [0.5, 0.6) is 5.75 Å². The molecular formula is C18H17N3O3. The van der Waals surface area contributed by atoms with Crippen LogP contribution in [-0.2, 0) is 12.8 Å². The summed E-state index contributed by atoms with van der Waals surface area (Å²) < 4.78 is 0. The van der Waals surface area contributed by atoms with E-state index in [0.717, 1.165) is 24.0 Å². The van der Waals surface area contributed by atoms with Crippen molar-refractivity contribution >= 4 is 22.6 Å². The van der Waals surface area contributed by atoms with E-state index in [1.54, 1.807) is 12.3 Å². The summed E-state index contributed by atoms with van der Waals surface area (Å²) in [6, 6.07) is 7.46. The lowest BCUT2D eigenvalue weighted by Gasteiger charge is -2.11. The van der Waals surface area contributed by atoms with Gasteiger partial charge in [-0.1, -0.05) is 6.07 Å². The molecule has 0 aliphatic carbocycles. The molecule has 0 fully saturated rings. The van der Waals surface area contributed by atoms with Gasteiger partial charge in [0.1, 0.15) is 5.75 Å². The molecule has 0 bridgehead atoms. The predicted octanol–water partition coefficient (Wildman–Crippen LogP) is 2.71. The second-order valence-electron chi connectivity index (χ2n) is 5.68. The van der Waals surface area contributed by atoms with E-state index in [-0.39, 0.29) is 17.0 Å². The number of aromatic nitrogens is 2. The second kappa shape index (κ2) is 6.16. The lowest BCUT2D eigenvalue weighted by atomic mass is 10.0. The van der Waals surface area contributed by atoms with E-state index >= 15 is 0 Å². The maximum atomic E-state index is 11.2. The van der Waals surface area contributed by atoms with Crippen LogP contribution in [-0.4, -0.2) is 26.2 Å². The fraction of sp³-hybridized carbons (Fsp3) is 0.167. The topological polar surface area (TPSA) is 109 Å². The van der Waals surface area contributed by atoms with Crippen molar-refractivity contribution in [2.75, 3.05) is 5.73 Å². The van der Waals surface area contributed by atoms with E-state index in [1.165, 1.54) is 6.92 Å². The molecule has 3 rings (SSSR count). The van der Waals surface area contributed by atoms with Gasteiger partial charge in [-0.15, -0.1) is 0 Å². The summed E-state index contributed by atoms with van der Waals surface area (Å²) in [6.07, 6.45) is 5.06. The molecular weight excluding hydrogens is 306 g/mol. The Morgan fingerprint density at radius 2 is 2.00 bits per heavy atom. The number of benzene rings is 1. The predicted molar refractivity (Wildman–Crippen MR) is 91.2 cm³/mol. The van der Waals surface area contributed by atoms with E-state index < -0.39 is 5.97 Å². The summed E-state index contributed by atoms with van der Waals surface area (Å²) in [5.41, 5.74) is 8.80. The van der Waals surface area contributed by atoms with Gasteiger partial charge >= 0.3 is 5.97 Å². The Kier molecular flexibility index (Phi) is 4.04. The molecule has 0 spiro atoms. The van der Waals surface area contributed by atoms with Crippen molar-refractivity contribution in [3.8, 4) is 5.75 Å². The molecule has 0 saturated heterocycles. The molecule has 24 heavy (non-hydrogen) atoms. The Bertz CT molecular complexity index is 924. The number of nitrogens with zero attached hydrogens (tertiary/aromatic N) is 2. The number of hydrogen-bond donors (Lipinski definition) is 3. The zero-order valence-electron chi connectivity index (χ0n) is 13.2. The zero-order valence-corrected chi connectivity index (χ0v) is 13.2. The third-order valence-corrected chi connectivity index (χ3v) is 4.02. The minimum atomic E-state index is -1.19. The number of nitrogens with two attached hydrogens (primary N) is 1. The molecule has 0 amide bonds. The molecule has 2 heterocycles. The van der Waals surface area contributed by atoms with Crippen molar-refractivity contribution in [1.82, 2.24) is 9.97 Å². The first kappa shape index (κ1) is 15.7. The molecule has 122 valence electrons. The Morgan fingerprint density at radius 3 is 2.67 bits per heavy atom. The fourth-order valence-electron chi connectivity index (χ4n) is 2.72. The highest BCUT2D eigenvalue weighted by Crippen LogP contribution is 2.33. The van der Waals surface area contributed by atoms with Crippen molar-refractivity contribution in [3.63, 3.8) is 0 Å². The normalized spacial score (nSPS) is 10.9. The van der Waals surface area contributed by atoms with Crippen LogP contribution in [0.3, 0.4) is 0 Å². The lowest BCUT2D eigenvalue weighted by Crippen LogP contribution is -2.06. The van der Waals surface area contributed by atoms with Gasteiger partial charge in [-0.2, -0.15) is 0 Å². The summed E-state index contributed by atoms with van der Waals surface area (Å²) in [6.45, 7) is 1.53. The van der Waals surface area contributed by atoms with Gasteiger partial charge in [-0.25, -0.2) is 9.78 Å². The van der Waals surface area contributed by atoms with Crippen LogP contribution in [0.4, 0.5) is 5.69 Å². The number of anilines is 1. The first-order chi connectivity index (χ1) is 11.5.